The number of carboxylic acid groups (broad SMARTS) is 1. The molecule has 2 amide bonds. The Balaban J connectivity index is 2.00. The number of carboxylic acids is 1. The van der Waals surface area contributed by atoms with Crippen molar-refractivity contribution in [2.75, 3.05) is 10.2 Å². The molecule has 0 spiro atoms. The Labute approximate surface area is 191 Å². The average Bonchev–Trinajstić information content (AvgIpc) is 2.76. The standard InChI is InChI=1S/C24H29F2N3O4/c1-14(2)18-9-4-5-10-20(18)29(17-8-6-7-16(13-17)22(30)31)24(32)28-19-12-11-15(3)27-21(19)33-23(25)26/h4-5,9-12,14,16-17,23H,6-8,13H2,1-3H3,(H,28,32)(H,30,31). The van der Waals surface area contributed by atoms with Crippen LogP contribution in [0.3, 0.4) is 0 Å². The summed E-state index contributed by atoms with van der Waals surface area (Å²) in [4.78, 5) is 30.8. The first-order chi connectivity index (χ1) is 15.7. The number of carbonyl (C=O) groups excluding carboxylic acids is 1. The molecule has 1 fully saturated rings. The maximum Gasteiger partial charge on any atom is 0.388 e. The fourth-order valence-electron chi connectivity index (χ4n) is 4.27. The predicted octanol–water partition coefficient (Wildman–Crippen LogP) is 5.80. The van der Waals surface area contributed by atoms with Gasteiger partial charge in [0, 0.05) is 17.4 Å². The van der Waals surface area contributed by atoms with Crippen LogP contribution in [0.25, 0.3) is 0 Å². The molecule has 178 valence electrons. The van der Waals surface area contributed by atoms with Crippen molar-refractivity contribution in [3.63, 3.8) is 0 Å². The average molecular weight is 462 g/mol. The van der Waals surface area contributed by atoms with Crippen molar-refractivity contribution in [2.45, 2.75) is 65.0 Å². The van der Waals surface area contributed by atoms with Crippen LogP contribution in [0, 0.1) is 12.8 Å². The molecule has 3 rings (SSSR count). The van der Waals surface area contributed by atoms with Crippen molar-refractivity contribution < 1.29 is 28.2 Å². The van der Waals surface area contributed by atoms with E-state index in [2.05, 4.69) is 15.0 Å². The number of nitrogens with one attached hydrogen (secondary N) is 1. The van der Waals surface area contributed by atoms with Gasteiger partial charge < -0.3 is 15.2 Å². The lowest BCUT2D eigenvalue weighted by Crippen LogP contribution is -2.46. The molecule has 2 aromatic rings. The molecule has 0 radical (unpaired) electrons. The molecule has 1 aliphatic rings. The van der Waals surface area contributed by atoms with Crippen molar-refractivity contribution in [1.82, 2.24) is 4.98 Å². The number of rotatable bonds is 7. The number of hydrogen-bond acceptors (Lipinski definition) is 4. The molecular weight excluding hydrogens is 432 g/mol. The monoisotopic (exact) mass is 461 g/mol. The van der Waals surface area contributed by atoms with Crippen LogP contribution in [-0.2, 0) is 4.79 Å². The summed E-state index contributed by atoms with van der Waals surface area (Å²) < 4.78 is 30.3. The van der Waals surface area contributed by atoms with E-state index < -0.39 is 24.5 Å². The number of carbonyl (C=O) groups is 2. The number of pyridine rings is 1. The van der Waals surface area contributed by atoms with Crippen LogP contribution in [0.1, 0.15) is 56.7 Å². The normalized spacial score (nSPS) is 18.3. The van der Waals surface area contributed by atoms with Gasteiger partial charge in [0.05, 0.1) is 5.92 Å². The second-order valence-corrected chi connectivity index (χ2v) is 8.55. The molecule has 2 unspecified atom stereocenters. The van der Waals surface area contributed by atoms with Gasteiger partial charge in [-0.3, -0.25) is 9.69 Å². The number of halogens is 2. The molecule has 2 atom stereocenters. The van der Waals surface area contributed by atoms with Crippen LogP contribution in [0.15, 0.2) is 36.4 Å². The molecule has 7 nitrogen and oxygen atoms in total. The number of aryl methyl sites for hydroxylation is 1. The number of aliphatic carboxylic acids is 1. The number of nitrogens with zero attached hydrogens (tertiary/aromatic N) is 2. The third-order valence-corrected chi connectivity index (χ3v) is 5.84. The lowest BCUT2D eigenvalue weighted by atomic mass is 9.84. The van der Waals surface area contributed by atoms with Crippen molar-refractivity contribution in [1.29, 1.82) is 0 Å². The zero-order chi connectivity index (χ0) is 24.1. The fraction of sp³-hybridized carbons (Fsp3) is 0.458. The van der Waals surface area contributed by atoms with Gasteiger partial charge in [0.25, 0.3) is 0 Å². The van der Waals surface area contributed by atoms with Gasteiger partial charge in [-0.05, 0) is 55.9 Å². The second kappa shape index (κ2) is 10.6. The van der Waals surface area contributed by atoms with E-state index in [1.807, 2.05) is 38.1 Å². The minimum atomic E-state index is -3.10. The lowest BCUT2D eigenvalue weighted by molar-refractivity contribution is -0.142. The van der Waals surface area contributed by atoms with Gasteiger partial charge in [-0.1, -0.05) is 38.5 Å². The first-order valence-corrected chi connectivity index (χ1v) is 11.0. The highest BCUT2D eigenvalue weighted by Gasteiger charge is 2.35. The van der Waals surface area contributed by atoms with Gasteiger partial charge in [0.2, 0.25) is 5.88 Å². The lowest BCUT2D eigenvalue weighted by Gasteiger charge is -2.37. The number of ether oxygens (including phenoxy) is 1. The number of para-hydroxylation sites is 1. The summed E-state index contributed by atoms with van der Waals surface area (Å²) >= 11 is 0. The first kappa shape index (κ1) is 24.4. The maximum atomic E-state index is 13.6. The van der Waals surface area contributed by atoms with Crippen LogP contribution >= 0.6 is 0 Å². The van der Waals surface area contributed by atoms with Crippen LogP contribution < -0.4 is 15.0 Å². The van der Waals surface area contributed by atoms with E-state index in [4.69, 9.17) is 0 Å². The molecule has 0 aliphatic heterocycles. The van der Waals surface area contributed by atoms with Gasteiger partial charge in [-0.2, -0.15) is 8.78 Å². The van der Waals surface area contributed by atoms with E-state index >= 15 is 0 Å². The van der Waals surface area contributed by atoms with E-state index in [9.17, 15) is 23.5 Å². The van der Waals surface area contributed by atoms with Crippen LogP contribution in [0.5, 0.6) is 5.88 Å². The number of hydrogen-bond donors (Lipinski definition) is 2. The van der Waals surface area contributed by atoms with E-state index in [0.717, 1.165) is 5.56 Å². The Hall–Kier alpha value is -3.23. The van der Waals surface area contributed by atoms with Crippen molar-refractivity contribution in [2.24, 2.45) is 5.92 Å². The van der Waals surface area contributed by atoms with Gasteiger partial charge in [-0.15, -0.1) is 0 Å². The molecular formula is C24H29F2N3O4. The number of anilines is 2. The maximum absolute atomic E-state index is 13.6. The van der Waals surface area contributed by atoms with Crippen LogP contribution in [0.4, 0.5) is 25.0 Å². The minimum Gasteiger partial charge on any atom is -0.481 e. The second-order valence-electron chi connectivity index (χ2n) is 8.55. The first-order valence-electron chi connectivity index (χ1n) is 11.0. The molecule has 2 N–H and O–H groups in total. The third kappa shape index (κ3) is 5.97. The van der Waals surface area contributed by atoms with Gasteiger partial charge in [-0.25, -0.2) is 9.78 Å². The highest BCUT2D eigenvalue weighted by molar-refractivity contribution is 6.03. The number of aromatic nitrogens is 1. The molecule has 1 aliphatic carbocycles. The Morgan fingerprint density at radius 3 is 2.58 bits per heavy atom. The van der Waals surface area contributed by atoms with E-state index in [1.165, 1.54) is 6.07 Å². The summed E-state index contributed by atoms with van der Waals surface area (Å²) in [6.07, 6.45) is 2.17. The predicted molar refractivity (Wildman–Crippen MR) is 121 cm³/mol. The van der Waals surface area contributed by atoms with Gasteiger partial charge in [0.15, 0.2) is 0 Å². The Morgan fingerprint density at radius 2 is 1.91 bits per heavy atom. The molecule has 33 heavy (non-hydrogen) atoms. The van der Waals surface area contributed by atoms with Crippen molar-refractivity contribution in [3.05, 3.63) is 47.7 Å². The summed E-state index contributed by atoms with van der Waals surface area (Å²) in [5.41, 5.74) is 2.07. The third-order valence-electron chi connectivity index (χ3n) is 5.84. The van der Waals surface area contributed by atoms with Crippen molar-refractivity contribution in [3.8, 4) is 5.88 Å². The summed E-state index contributed by atoms with van der Waals surface area (Å²) in [7, 11) is 0. The van der Waals surface area contributed by atoms with Gasteiger partial charge in [0.1, 0.15) is 5.69 Å². The van der Waals surface area contributed by atoms with E-state index in [0.29, 0.717) is 37.1 Å². The molecule has 0 bridgehead atoms. The molecule has 9 heteroatoms. The highest BCUT2D eigenvalue weighted by atomic mass is 19.3. The number of amides is 2. The summed E-state index contributed by atoms with van der Waals surface area (Å²) in [6, 6.07) is 9.58. The molecule has 1 aromatic heterocycles. The number of benzene rings is 1. The quantitative estimate of drug-likeness (QED) is 0.544. The van der Waals surface area contributed by atoms with Gasteiger partial charge >= 0.3 is 18.6 Å². The summed E-state index contributed by atoms with van der Waals surface area (Å²) in [5, 5.41) is 12.2. The Bertz CT molecular complexity index is 999. The van der Waals surface area contributed by atoms with E-state index in [-0.39, 0.29) is 23.5 Å². The summed E-state index contributed by atoms with van der Waals surface area (Å²) in [6.45, 7) is 2.55. The molecule has 1 aromatic carbocycles. The smallest absolute Gasteiger partial charge is 0.388 e. The minimum absolute atomic E-state index is 0.0172. The molecule has 1 saturated carbocycles. The van der Waals surface area contributed by atoms with Crippen LogP contribution in [0.2, 0.25) is 0 Å². The molecule has 1 heterocycles. The fourth-order valence-corrected chi connectivity index (χ4v) is 4.27. The summed E-state index contributed by atoms with van der Waals surface area (Å²) in [5.74, 6) is -1.70. The molecule has 0 saturated heterocycles. The highest BCUT2D eigenvalue weighted by Crippen LogP contribution is 2.36. The zero-order valence-electron chi connectivity index (χ0n) is 18.9. The van der Waals surface area contributed by atoms with Crippen LogP contribution in [-0.4, -0.2) is 34.7 Å². The Morgan fingerprint density at radius 1 is 1.18 bits per heavy atom. The Kier molecular flexibility index (Phi) is 7.84. The zero-order valence-corrected chi connectivity index (χ0v) is 18.9. The number of urea groups is 1. The topological polar surface area (TPSA) is 91.8 Å². The number of alkyl halides is 2. The van der Waals surface area contributed by atoms with Crippen molar-refractivity contribution >= 4 is 23.4 Å². The van der Waals surface area contributed by atoms with E-state index in [1.54, 1.807) is 17.9 Å². The SMILES string of the molecule is Cc1ccc(NC(=O)N(c2ccccc2C(C)C)C2CCCC(C(=O)O)C2)c(OC(F)F)n1. The largest absolute Gasteiger partial charge is 0.481 e.